The Kier molecular flexibility index (Phi) is 6.52. The zero-order valence-corrected chi connectivity index (χ0v) is 19.0. The Labute approximate surface area is 196 Å². The van der Waals surface area contributed by atoms with Crippen molar-refractivity contribution in [2.24, 2.45) is 0 Å². The van der Waals surface area contributed by atoms with Gasteiger partial charge in [0.2, 0.25) is 5.89 Å². The minimum atomic E-state index is -3.72. The number of aryl methyl sites for hydroxylation is 1. The first-order valence-electron chi connectivity index (χ1n) is 10.3. The van der Waals surface area contributed by atoms with Crippen LogP contribution in [0, 0.1) is 18.3 Å². The van der Waals surface area contributed by atoms with E-state index in [2.05, 4.69) is 15.3 Å². The Bertz CT molecular complexity index is 1470. The van der Waals surface area contributed by atoms with E-state index >= 15 is 0 Å². The number of aromatic nitrogens is 2. The number of carbonyl (C=O) groups excluding carboxylic acids is 1. The first-order chi connectivity index (χ1) is 16.4. The Hall–Kier alpha value is -4.29. The standard InChI is InChI=1S/C25H20N4O4S/c1-17-23(16-34(31,32)22-6-2-4-18(12-22)13-26)29-25(33-17)21-9-7-20(8-10-21)24(30)28-15-19-5-3-11-27-14-19/h2-12,14H,15-16H2,1H3,(H,28,30). The number of oxazole rings is 1. The van der Waals surface area contributed by atoms with Crippen molar-refractivity contribution in [1.82, 2.24) is 15.3 Å². The predicted octanol–water partition coefficient (Wildman–Crippen LogP) is 3.82. The van der Waals surface area contributed by atoms with Crippen LogP contribution in [0.1, 0.15) is 32.9 Å². The third-order valence-corrected chi connectivity index (χ3v) is 6.74. The maximum atomic E-state index is 12.8. The number of nitrogens with one attached hydrogen (secondary N) is 1. The molecular formula is C25H20N4O4S. The summed E-state index contributed by atoms with van der Waals surface area (Å²) in [6, 6.07) is 18.2. The maximum Gasteiger partial charge on any atom is 0.251 e. The molecule has 4 rings (SSSR count). The van der Waals surface area contributed by atoms with E-state index in [0.29, 0.717) is 23.4 Å². The van der Waals surface area contributed by atoms with Crippen molar-refractivity contribution in [3.63, 3.8) is 0 Å². The molecule has 4 aromatic rings. The largest absolute Gasteiger partial charge is 0.441 e. The van der Waals surface area contributed by atoms with Gasteiger partial charge in [0.1, 0.15) is 11.5 Å². The first-order valence-corrected chi connectivity index (χ1v) is 12.0. The number of amides is 1. The molecule has 34 heavy (non-hydrogen) atoms. The summed E-state index contributed by atoms with van der Waals surface area (Å²) in [5.41, 5.74) is 2.53. The van der Waals surface area contributed by atoms with Crippen LogP contribution in [0.5, 0.6) is 0 Å². The molecule has 1 N–H and O–H groups in total. The third-order valence-electron chi connectivity index (χ3n) is 5.11. The van der Waals surface area contributed by atoms with E-state index in [9.17, 15) is 13.2 Å². The van der Waals surface area contributed by atoms with Gasteiger partial charge in [0, 0.05) is 30.1 Å². The van der Waals surface area contributed by atoms with Gasteiger partial charge in [0.25, 0.3) is 5.91 Å². The van der Waals surface area contributed by atoms with Gasteiger partial charge < -0.3 is 9.73 Å². The van der Waals surface area contributed by atoms with Crippen molar-refractivity contribution in [2.45, 2.75) is 24.1 Å². The molecule has 9 heteroatoms. The summed E-state index contributed by atoms with van der Waals surface area (Å²) in [7, 11) is -3.72. The second kappa shape index (κ2) is 9.68. The van der Waals surface area contributed by atoms with Crippen LogP contribution in [0.2, 0.25) is 0 Å². The molecule has 0 aliphatic carbocycles. The van der Waals surface area contributed by atoms with Crippen LogP contribution in [0.3, 0.4) is 0 Å². The SMILES string of the molecule is Cc1oc(-c2ccc(C(=O)NCc3cccnc3)cc2)nc1CS(=O)(=O)c1cccc(C#N)c1. The van der Waals surface area contributed by atoms with E-state index in [1.807, 2.05) is 12.1 Å². The number of nitriles is 1. The minimum absolute atomic E-state index is 0.0529. The van der Waals surface area contributed by atoms with E-state index < -0.39 is 9.84 Å². The summed E-state index contributed by atoms with van der Waals surface area (Å²) in [5.74, 6) is 0.0564. The first kappa shape index (κ1) is 22.9. The molecule has 0 fully saturated rings. The Morgan fingerprint density at radius 3 is 2.62 bits per heavy atom. The zero-order chi connectivity index (χ0) is 24.1. The Morgan fingerprint density at radius 1 is 1.12 bits per heavy atom. The number of sulfone groups is 1. The fraction of sp³-hybridized carbons (Fsp3) is 0.120. The monoisotopic (exact) mass is 472 g/mol. The molecule has 8 nitrogen and oxygen atoms in total. The lowest BCUT2D eigenvalue weighted by atomic mass is 10.1. The summed E-state index contributed by atoms with van der Waals surface area (Å²) in [6.07, 6.45) is 3.35. The topological polar surface area (TPSA) is 126 Å². The minimum Gasteiger partial charge on any atom is -0.441 e. The fourth-order valence-corrected chi connectivity index (χ4v) is 4.65. The van der Waals surface area contributed by atoms with Gasteiger partial charge in [-0.1, -0.05) is 12.1 Å². The van der Waals surface area contributed by atoms with Crippen LogP contribution < -0.4 is 5.32 Å². The summed E-state index contributed by atoms with van der Waals surface area (Å²) < 4.78 is 31.3. The van der Waals surface area contributed by atoms with Gasteiger partial charge in [0.15, 0.2) is 9.84 Å². The van der Waals surface area contributed by atoms with Crippen LogP contribution in [-0.4, -0.2) is 24.3 Å². The normalized spacial score (nSPS) is 11.1. The lowest BCUT2D eigenvalue weighted by Gasteiger charge is -2.05. The highest BCUT2D eigenvalue weighted by molar-refractivity contribution is 7.90. The average Bonchev–Trinajstić information content (AvgIpc) is 3.22. The van der Waals surface area contributed by atoms with E-state index in [0.717, 1.165) is 5.56 Å². The van der Waals surface area contributed by atoms with Crippen molar-refractivity contribution < 1.29 is 17.6 Å². The van der Waals surface area contributed by atoms with Crippen molar-refractivity contribution in [2.75, 3.05) is 0 Å². The summed E-state index contributed by atoms with van der Waals surface area (Å²) >= 11 is 0. The van der Waals surface area contributed by atoms with Gasteiger partial charge >= 0.3 is 0 Å². The smallest absolute Gasteiger partial charge is 0.251 e. The Morgan fingerprint density at radius 2 is 1.91 bits per heavy atom. The highest BCUT2D eigenvalue weighted by Crippen LogP contribution is 2.25. The van der Waals surface area contributed by atoms with E-state index in [1.165, 1.54) is 18.2 Å². The number of nitrogens with zero attached hydrogens (tertiary/aromatic N) is 3. The van der Waals surface area contributed by atoms with Gasteiger partial charge in [-0.05, 0) is 61.0 Å². The van der Waals surface area contributed by atoms with E-state index in [-0.39, 0.29) is 33.7 Å². The number of hydrogen-bond donors (Lipinski definition) is 1. The van der Waals surface area contributed by atoms with Crippen LogP contribution >= 0.6 is 0 Å². The molecule has 170 valence electrons. The maximum absolute atomic E-state index is 12.8. The van der Waals surface area contributed by atoms with Gasteiger partial charge in [-0.3, -0.25) is 9.78 Å². The molecule has 0 aliphatic heterocycles. The number of carbonyl (C=O) groups is 1. The van der Waals surface area contributed by atoms with Crippen LogP contribution in [0.15, 0.2) is 82.4 Å². The van der Waals surface area contributed by atoms with Crippen LogP contribution in [0.25, 0.3) is 11.5 Å². The molecule has 2 heterocycles. The highest BCUT2D eigenvalue weighted by Gasteiger charge is 2.21. The molecule has 0 bridgehead atoms. The zero-order valence-electron chi connectivity index (χ0n) is 18.2. The van der Waals surface area contributed by atoms with E-state index in [4.69, 9.17) is 9.68 Å². The lowest BCUT2D eigenvalue weighted by Crippen LogP contribution is -2.22. The highest BCUT2D eigenvalue weighted by atomic mass is 32.2. The molecule has 0 saturated carbocycles. The molecule has 0 aliphatic rings. The van der Waals surface area contributed by atoms with Crippen LogP contribution in [-0.2, 0) is 22.1 Å². The van der Waals surface area contributed by atoms with Gasteiger partial charge in [-0.15, -0.1) is 0 Å². The summed E-state index contributed by atoms with van der Waals surface area (Å²) in [6.45, 7) is 2.01. The molecule has 0 unspecified atom stereocenters. The lowest BCUT2D eigenvalue weighted by molar-refractivity contribution is 0.0951. The molecule has 0 spiro atoms. The van der Waals surface area contributed by atoms with Crippen molar-refractivity contribution in [1.29, 1.82) is 5.26 Å². The number of hydrogen-bond acceptors (Lipinski definition) is 7. The number of rotatable bonds is 7. The fourth-order valence-electron chi connectivity index (χ4n) is 3.26. The number of benzene rings is 2. The van der Waals surface area contributed by atoms with Gasteiger partial charge in [-0.2, -0.15) is 5.26 Å². The number of pyridine rings is 1. The quantitative estimate of drug-likeness (QED) is 0.433. The molecule has 2 aromatic carbocycles. The third kappa shape index (κ3) is 5.19. The molecule has 0 saturated heterocycles. The molecule has 1 amide bonds. The van der Waals surface area contributed by atoms with Crippen molar-refractivity contribution in [3.8, 4) is 17.5 Å². The molecule has 0 radical (unpaired) electrons. The summed E-state index contributed by atoms with van der Waals surface area (Å²) in [4.78, 5) is 20.8. The average molecular weight is 473 g/mol. The molecule has 0 atom stereocenters. The second-order valence-electron chi connectivity index (χ2n) is 7.54. The Balaban J connectivity index is 1.47. The van der Waals surface area contributed by atoms with Crippen LogP contribution in [0.4, 0.5) is 0 Å². The van der Waals surface area contributed by atoms with Gasteiger partial charge in [-0.25, -0.2) is 13.4 Å². The van der Waals surface area contributed by atoms with Crippen molar-refractivity contribution >= 4 is 15.7 Å². The van der Waals surface area contributed by atoms with Crippen molar-refractivity contribution in [3.05, 3.63) is 101 Å². The summed E-state index contributed by atoms with van der Waals surface area (Å²) in [5, 5.41) is 11.9. The molecular weight excluding hydrogens is 452 g/mol. The molecule has 2 aromatic heterocycles. The van der Waals surface area contributed by atoms with Gasteiger partial charge in [0.05, 0.1) is 22.2 Å². The van der Waals surface area contributed by atoms with E-state index in [1.54, 1.807) is 55.7 Å². The predicted molar refractivity (Wildman–Crippen MR) is 124 cm³/mol. The second-order valence-corrected chi connectivity index (χ2v) is 9.53.